The molecule has 0 aliphatic heterocycles. The number of ether oxygens (including phenoxy) is 1. The van der Waals surface area contributed by atoms with E-state index in [1.807, 2.05) is 6.07 Å². The highest BCUT2D eigenvalue weighted by Gasteiger charge is 2.24. The lowest BCUT2D eigenvalue weighted by Gasteiger charge is -2.16. The number of Topliss-reactive ketones (excluding diaryl/α,β-unsaturated/α-hetero) is 1. The monoisotopic (exact) mass is 332 g/mol. The molecule has 0 fully saturated rings. The number of benzene rings is 2. The second kappa shape index (κ2) is 6.48. The molecule has 0 N–H and O–H groups in total. The number of rotatable bonds is 4. The Balaban J connectivity index is 2.34. The molecule has 0 saturated heterocycles. The zero-order valence-electron chi connectivity index (χ0n) is 10.9. The van der Waals surface area contributed by atoms with Gasteiger partial charge in [-0.05, 0) is 12.1 Å². The maximum Gasteiger partial charge on any atom is 0.303 e. The fraction of sp³-hybridized carbons (Fsp3) is 0.125. The summed E-state index contributed by atoms with van der Waals surface area (Å²) in [5, 5.41) is 0. The predicted molar refractivity (Wildman–Crippen MR) is 79.4 cm³/mol. The van der Waals surface area contributed by atoms with E-state index < -0.39 is 12.1 Å². The second-order valence-electron chi connectivity index (χ2n) is 4.27. The highest BCUT2D eigenvalue weighted by atomic mass is 79.9. The van der Waals surface area contributed by atoms with E-state index >= 15 is 0 Å². The van der Waals surface area contributed by atoms with Crippen molar-refractivity contribution in [3.63, 3.8) is 0 Å². The number of esters is 1. The van der Waals surface area contributed by atoms with Gasteiger partial charge in [-0.3, -0.25) is 9.59 Å². The van der Waals surface area contributed by atoms with Gasteiger partial charge in [0.1, 0.15) is 0 Å². The van der Waals surface area contributed by atoms with Crippen LogP contribution in [0.1, 0.15) is 28.9 Å². The molecular weight excluding hydrogens is 320 g/mol. The van der Waals surface area contributed by atoms with E-state index in [0.717, 1.165) is 4.47 Å². The fourth-order valence-electron chi connectivity index (χ4n) is 1.83. The molecule has 102 valence electrons. The van der Waals surface area contributed by atoms with E-state index in [1.54, 1.807) is 48.5 Å². The minimum atomic E-state index is -0.908. The molecule has 20 heavy (non-hydrogen) atoms. The zero-order valence-corrected chi connectivity index (χ0v) is 12.5. The smallest absolute Gasteiger partial charge is 0.303 e. The van der Waals surface area contributed by atoms with Crippen molar-refractivity contribution >= 4 is 27.7 Å². The summed E-state index contributed by atoms with van der Waals surface area (Å²) in [5.41, 5.74) is 1.17. The second-order valence-corrected chi connectivity index (χ2v) is 5.19. The topological polar surface area (TPSA) is 43.4 Å². The molecule has 0 aliphatic rings. The first-order valence-electron chi connectivity index (χ1n) is 6.10. The Morgan fingerprint density at radius 1 is 1.00 bits per heavy atom. The third-order valence-electron chi connectivity index (χ3n) is 2.75. The Morgan fingerprint density at radius 2 is 1.60 bits per heavy atom. The highest BCUT2D eigenvalue weighted by Crippen LogP contribution is 2.23. The third-order valence-corrected chi connectivity index (χ3v) is 3.28. The van der Waals surface area contributed by atoms with Crippen LogP contribution in [0.2, 0.25) is 0 Å². The summed E-state index contributed by atoms with van der Waals surface area (Å²) in [6.45, 7) is 1.30. The first kappa shape index (κ1) is 14.5. The van der Waals surface area contributed by atoms with Gasteiger partial charge in [-0.15, -0.1) is 0 Å². The lowest BCUT2D eigenvalue weighted by molar-refractivity contribution is -0.144. The number of hydrogen-bond donors (Lipinski definition) is 0. The number of ketones is 1. The van der Waals surface area contributed by atoms with Gasteiger partial charge in [0.2, 0.25) is 5.78 Å². The summed E-state index contributed by atoms with van der Waals surface area (Å²) in [7, 11) is 0. The van der Waals surface area contributed by atoms with Gasteiger partial charge in [-0.2, -0.15) is 0 Å². The SMILES string of the molecule is CC(=O)OC(C(=O)c1ccc(Br)cc1)c1ccccc1. The molecule has 4 heteroatoms. The van der Waals surface area contributed by atoms with Crippen LogP contribution in [0.4, 0.5) is 0 Å². The Hall–Kier alpha value is -1.94. The largest absolute Gasteiger partial charge is 0.449 e. The molecule has 0 radical (unpaired) electrons. The first-order chi connectivity index (χ1) is 9.58. The summed E-state index contributed by atoms with van der Waals surface area (Å²) in [6, 6.07) is 16.0. The standard InChI is InChI=1S/C16H13BrO3/c1-11(18)20-16(13-5-3-2-4-6-13)15(19)12-7-9-14(17)10-8-12/h2-10,16H,1H3. The number of halogens is 1. The molecule has 0 aromatic heterocycles. The molecule has 1 atom stereocenters. The Morgan fingerprint density at radius 3 is 2.15 bits per heavy atom. The van der Waals surface area contributed by atoms with E-state index in [-0.39, 0.29) is 5.78 Å². The Kier molecular flexibility index (Phi) is 4.69. The summed E-state index contributed by atoms with van der Waals surface area (Å²) in [6.07, 6.45) is -0.908. The molecular formula is C16H13BrO3. The number of carbonyl (C=O) groups is 2. The predicted octanol–water partition coefficient (Wildman–Crippen LogP) is 3.94. The van der Waals surface area contributed by atoms with E-state index in [4.69, 9.17) is 4.74 Å². The molecule has 0 spiro atoms. The summed E-state index contributed by atoms with van der Waals surface area (Å²) in [4.78, 5) is 23.7. The molecule has 0 amide bonds. The zero-order chi connectivity index (χ0) is 14.5. The van der Waals surface area contributed by atoms with Crippen molar-refractivity contribution in [1.82, 2.24) is 0 Å². The average Bonchev–Trinajstić information content (AvgIpc) is 2.45. The fourth-order valence-corrected chi connectivity index (χ4v) is 2.10. The van der Waals surface area contributed by atoms with Crippen LogP contribution in [0.3, 0.4) is 0 Å². The van der Waals surface area contributed by atoms with Crippen LogP contribution >= 0.6 is 15.9 Å². The van der Waals surface area contributed by atoms with Crippen LogP contribution in [0, 0.1) is 0 Å². The normalized spacial score (nSPS) is 11.7. The summed E-state index contributed by atoms with van der Waals surface area (Å²) < 4.78 is 6.07. The van der Waals surface area contributed by atoms with Crippen molar-refractivity contribution in [2.24, 2.45) is 0 Å². The van der Waals surface area contributed by atoms with E-state index in [9.17, 15) is 9.59 Å². The van der Waals surface area contributed by atoms with E-state index in [0.29, 0.717) is 11.1 Å². The van der Waals surface area contributed by atoms with Crippen LogP contribution in [0.25, 0.3) is 0 Å². The van der Waals surface area contributed by atoms with E-state index in [1.165, 1.54) is 6.92 Å². The van der Waals surface area contributed by atoms with Gasteiger partial charge in [0.25, 0.3) is 0 Å². The molecule has 0 heterocycles. The average molecular weight is 333 g/mol. The van der Waals surface area contributed by atoms with Crippen molar-refractivity contribution in [2.45, 2.75) is 13.0 Å². The quantitative estimate of drug-likeness (QED) is 0.629. The Labute approximate surface area is 125 Å². The minimum absolute atomic E-state index is 0.237. The van der Waals surface area contributed by atoms with Crippen LogP contribution in [-0.2, 0) is 9.53 Å². The van der Waals surface area contributed by atoms with E-state index in [2.05, 4.69) is 15.9 Å². The third kappa shape index (κ3) is 3.54. The molecule has 1 unspecified atom stereocenters. The van der Waals surface area contributed by atoms with Crippen molar-refractivity contribution in [3.05, 3.63) is 70.2 Å². The maximum absolute atomic E-state index is 12.5. The molecule has 3 nitrogen and oxygen atoms in total. The maximum atomic E-state index is 12.5. The Bertz CT molecular complexity index is 605. The molecule has 0 aliphatic carbocycles. The van der Waals surface area contributed by atoms with Gasteiger partial charge in [0.15, 0.2) is 6.10 Å². The molecule has 2 rings (SSSR count). The van der Waals surface area contributed by atoms with Gasteiger partial charge in [-0.1, -0.05) is 58.4 Å². The molecule has 2 aromatic rings. The van der Waals surface area contributed by atoms with Crippen molar-refractivity contribution in [3.8, 4) is 0 Å². The summed E-state index contributed by atoms with van der Waals surface area (Å²) >= 11 is 3.32. The molecule has 2 aromatic carbocycles. The van der Waals surface area contributed by atoms with Gasteiger partial charge < -0.3 is 4.74 Å². The molecule has 0 saturated carbocycles. The minimum Gasteiger partial charge on any atom is -0.449 e. The van der Waals surface area contributed by atoms with Crippen LogP contribution < -0.4 is 0 Å². The lowest BCUT2D eigenvalue weighted by atomic mass is 10.00. The van der Waals surface area contributed by atoms with Gasteiger partial charge >= 0.3 is 5.97 Å². The van der Waals surface area contributed by atoms with Gasteiger partial charge in [-0.25, -0.2) is 0 Å². The number of hydrogen-bond acceptors (Lipinski definition) is 3. The van der Waals surface area contributed by atoms with Crippen LogP contribution in [0.15, 0.2) is 59.1 Å². The number of carbonyl (C=O) groups excluding carboxylic acids is 2. The van der Waals surface area contributed by atoms with Crippen LogP contribution in [0.5, 0.6) is 0 Å². The van der Waals surface area contributed by atoms with Gasteiger partial charge in [0.05, 0.1) is 0 Å². The first-order valence-corrected chi connectivity index (χ1v) is 6.89. The molecule has 0 bridgehead atoms. The summed E-state index contributed by atoms with van der Waals surface area (Å²) in [5.74, 6) is -0.719. The lowest BCUT2D eigenvalue weighted by Crippen LogP contribution is -2.18. The van der Waals surface area contributed by atoms with Crippen molar-refractivity contribution in [2.75, 3.05) is 0 Å². The van der Waals surface area contributed by atoms with Crippen LogP contribution in [-0.4, -0.2) is 11.8 Å². The highest BCUT2D eigenvalue weighted by molar-refractivity contribution is 9.10. The van der Waals surface area contributed by atoms with Crippen molar-refractivity contribution < 1.29 is 14.3 Å². The van der Waals surface area contributed by atoms with Crippen molar-refractivity contribution in [1.29, 1.82) is 0 Å². The van der Waals surface area contributed by atoms with Gasteiger partial charge in [0, 0.05) is 22.5 Å².